The molecule has 1 amide bonds. The Labute approximate surface area is 121 Å². The Morgan fingerprint density at radius 2 is 1.79 bits per heavy atom. The van der Waals surface area contributed by atoms with Gasteiger partial charge in [0.1, 0.15) is 0 Å². The number of carbonyl (C=O) groups excluding carboxylic acids is 1. The number of hydrogen-bond acceptors (Lipinski definition) is 4. The molecule has 10 heteroatoms. The maximum absolute atomic E-state index is 12.3. The summed E-state index contributed by atoms with van der Waals surface area (Å²) in [4.78, 5) is 11.1. The Morgan fingerprint density at radius 1 is 1.32 bits per heavy atom. The Kier molecular flexibility index (Phi) is 6.58. The number of nitrogens with zero attached hydrogens (tertiary/aromatic N) is 1. The van der Waals surface area contributed by atoms with Gasteiger partial charge in [-0.3, -0.25) is 4.21 Å². The molecule has 1 aromatic carbocycles. The van der Waals surface area contributed by atoms with E-state index in [0.29, 0.717) is 12.1 Å². The smallest absolute Gasteiger partial charge is 0.755 e. The van der Waals surface area contributed by atoms with Crippen molar-refractivity contribution in [3.8, 4) is 0 Å². The summed E-state index contributed by atoms with van der Waals surface area (Å²) in [6.07, 6.45) is -5.76. The van der Waals surface area contributed by atoms with Gasteiger partial charge in [-0.1, -0.05) is 0 Å². The molecule has 0 aliphatic heterocycles. The van der Waals surface area contributed by atoms with Crippen LogP contribution in [-0.2, 0) is 22.2 Å². The second-order valence-electron chi connectivity index (χ2n) is 3.03. The van der Waals surface area contributed by atoms with E-state index in [9.17, 15) is 26.7 Å². The predicted octanol–water partition coefficient (Wildman–Crippen LogP) is -0.924. The maximum atomic E-state index is 12.3. The van der Waals surface area contributed by atoms with E-state index in [4.69, 9.17) is 0 Å². The van der Waals surface area contributed by atoms with Crippen molar-refractivity contribution >= 4 is 23.0 Å². The number of anilines is 1. The summed E-state index contributed by atoms with van der Waals surface area (Å²) in [5, 5.41) is 0. The third-order valence-corrected chi connectivity index (χ3v) is 2.58. The molecule has 0 saturated carbocycles. The minimum absolute atomic E-state index is 0. The van der Waals surface area contributed by atoms with Gasteiger partial charge in [-0.25, -0.2) is 9.10 Å². The first-order valence-corrected chi connectivity index (χ1v) is 5.45. The first-order valence-electron chi connectivity index (χ1n) is 4.42. The third-order valence-electron chi connectivity index (χ3n) is 1.92. The first-order chi connectivity index (χ1) is 8.27. The van der Waals surface area contributed by atoms with Gasteiger partial charge in [0.05, 0.1) is 29.6 Å². The van der Waals surface area contributed by atoms with Crippen molar-refractivity contribution < 1.29 is 50.3 Å². The number of carbonyl (C=O) groups is 1. The summed E-state index contributed by atoms with van der Waals surface area (Å²) in [6.45, 7) is 0. The van der Waals surface area contributed by atoms with Gasteiger partial charge < -0.3 is 9.29 Å². The fourth-order valence-electron chi connectivity index (χ4n) is 1.12. The van der Waals surface area contributed by atoms with Crippen LogP contribution in [0.5, 0.6) is 0 Å². The van der Waals surface area contributed by atoms with Crippen LogP contribution in [0, 0.1) is 0 Å². The van der Waals surface area contributed by atoms with Gasteiger partial charge in [0, 0.05) is 0 Å². The summed E-state index contributed by atoms with van der Waals surface area (Å²) in [7, 11) is 0.951. The molecule has 0 aliphatic rings. The molecule has 0 fully saturated rings. The Hall–Kier alpha value is -1.01. The van der Waals surface area contributed by atoms with Crippen LogP contribution in [0.4, 0.5) is 23.7 Å². The van der Waals surface area contributed by atoms with Crippen LogP contribution >= 0.6 is 0 Å². The maximum Gasteiger partial charge on any atom is 1.00 e. The fraction of sp³-hybridized carbons (Fsp3) is 0.222. The molecule has 1 atom stereocenters. The topological polar surface area (TPSA) is 69.7 Å². The Balaban J connectivity index is 0.00000324. The molecule has 0 spiro atoms. The van der Waals surface area contributed by atoms with Crippen LogP contribution in [-0.4, -0.2) is 22.0 Å². The Bertz CT molecular complexity index is 466. The third kappa shape index (κ3) is 4.54. The quantitative estimate of drug-likeness (QED) is 0.521. The zero-order chi connectivity index (χ0) is 13.9. The normalized spacial score (nSPS) is 12.3. The van der Waals surface area contributed by atoms with Crippen LogP contribution in [0.25, 0.3) is 0 Å². The monoisotopic (exact) mass is 289 g/mol. The van der Waals surface area contributed by atoms with E-state index in [0.717, 1.165) is 19.2 Å². The molecule has 0 aliphatic carbocycles. The Morgan fingerprint density at radius 3 is 2.11 bits per heavy atom. The van der Waals surface area contributed by atoms with Gasteiger partial charge in [-0.15, -0.1) is 0 Å². The molecule has 0 aromatic heterocycles. The van der Waals surface area contributed by atoms with Gasteiger partial charge in [-0.2, -0.15) is 13.2 Å². The molecule has 0 N–H and O–H groups in total. The summed E-state index contributed by atoms with van der Waals surface area (Å²) >= 11 is -2.98. The SMILES string of the molecule is COC(=O)N(c1ccc(C(F)(F)F)cc1)S(=O)[O-].[Li+]. The fourth-order valence-corrected chi connectivity index (χ4v) is 1.61. The largest absolute Gasteiger partial charge is 1.00 e. The van der Waals surface area contributed by atoms with Gasteiger partial charge in [-0.05, 0) is 24.3 Å². The van der Waals surface area contributed by atoms with Crippen molar-refractivity contribution in [3.63, 3.8) is 0 Å². The number of benzene rings is 1. The van der Waals surface area contributed by atoms with Crippen LogP contribution in [0.3, 0.4) is 0 Å². The summed E-state index contributed by atoms with van der Waals surface area (Å²) in [5.41, 5.74) is -1.20. The molecule has 5 nitrogen and oxygen atoms in total. The molecule has 0 heterocycles. The number of hydrogen-bond donors (Lipinski definition) is 0. The molecular weight excluding hydrogens is 282 g/mol. The van der Waals surface area contributed by atoms with E-state index in [-0.39, 0.29) is 28.9 Å². The number of halogens is 3. The van der Waals surface area contributed by atoms with Crippen LogP contribution in [0.2, 0.25) is 0 Å². The summed E-state index contributed by atoms with van der Waals surface area (Å²) in [6, 6.07) is 3.04. The predicted molar refractivity (Wildman–Crippen MR) is 55.2 cm³/mol. The summed E-state index contributed by atoms with van der Waals surface area (Å²) in [5.74, 6) is 0. The molecule has 0 radical (unpaired) electrons. The van der Waals surface area contributed by atoms with E-state index in [2.05, 4.69) is 4.74 Å². The van der Waals surface area contributed by atoms with Gasteiger partial charge in [0.2, 0.25) is 0 Å². The van der Waals surface area contributed by atoms with Crippen molar-refractivity contribution in [2.75, 3.05) is 11.4 Å². The van der Waals surface area contributed by atoms with Gasteiger partial charge in [0.15, 0.2) is 0 Å². The minimum Gasteiger partial charge on any atom is -0.755 e. The van der Waals surface area contributed by atoms with Crippen molar-refractivity contribution in [1.29, 1.82) is 0 Å². The zero-order valence-electron chi connectivity index (χ0n) is 9.93. The minimum atomic E-state index is -4.54. The average molecular weight is 289 g/mol. The summed E-state index contributed by atoms with van der Waals surface area (Å²) < 4.78 is 62.8. The number of amides is 1. The zero-order valence-corrected chi connectivity index (χ0v) is 10.7. The van der Waals surface area contributed by atoms with Crippen molar-refractivity contribution in [2.45, 2.75) is 6.18 Å². The molecule has 0 bridgehead atoms. The standard InChI is InChI=1S/C9H8F3NO4S.Li/c1-17-8(14)13(18(15)16)7-4-2-6(3-5-7)9(10,11)12;/h2-5H,1H3,(H,15,16);/q;+1/p-1. The molecule has 100 valence electrons. The second-order valence-corrected chi connectivity index (χ2v) is 3.83. The van der Waals surface area contributed by atoms with E-state index < -0.39 is 29.1 Å². The molecule has 19 heavy (non-hydrogen) atoms. The van der Waals surface area contributed by atoms with Crippen LogP contribution < -0.4 is 23.2 Å². The number of methoxy groups -OCH3 is 1. The first kappa shape index (κ1) is 18.0. The van der Waals surface area contributed by atoms with Crippen LogP contribution in [0.15, 0.2) is 24.3 Å². The van der Waals surface area contributed by atoms with E-state index in [1.54, 1.807) is 0 Å². The molecule has 0 saturated heterocycles. The van der Waals surface area contributed by atoms with Gasteiger partial charge >= 0.3 is 31.1 Å². The average Bonchev–Trinajstić information content (AvgIpc) is 2.28. The molecule has 1 unspecified atom stereocenters. The number of alkyl halides is 3. The van der Waals surface area contributed by atoms with Gasteiger partial charge in [0.25, 0.3) is 0 Å². The number of rotatable bonds is 2. The van der Waals surface area contributed by atoms with E-state index >= 15 is 0 Å². The second kappa shape index (κ2) is 6.95. The van der Waals surface area contributed by atoms with Crippen molar-refractivity contribution in [2.24, 2.45) is 0 Å². The number of ether oxygens (including phenoxy) is 1. The molecule has 1 aromatic rings. The molecular formula is C9H7F3LiNO4S. The van der Waals surface area contributed by atoms with Crippen LogP contribution in [0.1, 0.15) is 5.56 Å². The van der Waals surface area contributed by atoms with Crippen molar-refractivity contribution in [3.05, 3.63) is 29.8 Å². The van der Waals surface area contributed by atoms with E-state index in [1.807, 2.05) is 0 Å². The van der Waals surface area contributed by atoms with E-state index in [1.165, 1.54) is 0 Å². The molecule has 1 rings (SSSR count). The van der Waals surface area contributed by atoms with Crippen molar-refractivity contribution in [1.82, 2.24) is 0 Å².